The van der Waals surface area contributed by atoms with Gasteiger partial charge in [0.05, 0.1) is 0 Å². The molecule has 0 saturated carbocycles. The highest BCUT2D eigenvalue weighted by molar-refractivity contribution is 4.77. The van der Waals surface area contributed by atoms with Gasteiger partial charge >= 0.3 is 0 Å². The van der Waals surface area contributed by atoms with Crippen LogP contribution in [-0.4, -0.2) is 55.6 Å². The Morgan fingerprint density at radius 3 is 2.35 bits per heavy atom. The predicted molar refractivity (Wildman–Crippen MR) is 75.3 cm³/mol. The van der Waals surface area contributed by atoms with Gasteiger partial charge in [0.1, 0.15) is 0 Å². The molecule has 1 aliphatic rings. The van der Waals surface area contributed by atoms with E-state index in [9.17, 15) is 0 Å². The van der Waals surface area contributed by atoms with Gasteiger partial charge in [-0.15, -0.1) is 0 Å². The first-order chi connectivity index (χ1) is 8.27. The van der Waals surface area contributed by atoms with E-state index in [4.69, 9.17) is 5.73 Å². The number of hydrogen-bond donors (Lipinski definition) is 1. The zero-order chi connectivity index (χ0) is 12.5. The molecule has 0 unspecified atom stereocenters. The van der Waals surface area contributed by atoms with Crippen LogP contribution in [0, 0.1) is 0 Å². The maximum atomic E-state index is 5.50. The molecule has 1 heterocycles. The molecule has 3 heteroatoms. The third kappa shape index (κ3) is 5.84. The molecule has 0 bridgehead atoms. The topological polar surface area (TPSA) is 32.5 Å². The molecule has 1 fully saturated rings. The number of likely N-dealkylation sites (tertiary alicyclic amines) is 1. The van der Waals surface area contributed by atoms with Gasteiger partial charge in [-0.3, -0.25) is 0 Å². The lowest BCUT2D eigenvalue weighted by molar-refractivity contribution is 0.130. The van der Waals surface area contributed by atoms with E-state index in [0.29, 0.717) is 0 Å². The van der Waals surface area contributed by atoms with Crippen LogP contribution in [0.5, 0.6) is 0 Å². The standard InChI is InChI=1S/C14H31N3/c1-3-17-12-8-14(9-13-17)16(2)11-7-5-4-6-10-15/h14H,3-13,15H2,1-2H3. The first kappa shape index (κ1) is 14.9. The minimum absolute atomic E-state index is 0.826. The van der Waals surface area contributed by atoms with E-state index in [1.807, 2.05) is 0 Å². The number of nitrogens with two attached hydrogens (primary N) is 1. The molecule has 0 aliphatic carbocycles. The summed E-state index contributed by atoms with van der Waals surface area (Å²) < 4.78 is 0. The van der Waals surface area contributed by atoms with Crippen LogP contribution in [0.3, 0.4) is 0 Å². The molecule has 0 amide bonds. The van der Waals surface area contributed by atoms with E-state index in [0.717, 1.165) is 12.6 Å². The second-order valence-electron chi connectivity index (χ2n) is 5.35. The third-order valence-corrected chi connectivity index (χ3v) is 4.09. The van der Waals surface area contributed by atoms with Gasteiger partial charge in [-0.1, -0.05) is 19.8 Å². The van der Waals surface area contributed by atoms with Crippen LogP contribution in [0.2, 0.25) is 0 Å². The summed E-state index contributed by atoms with van der Waals surface area (Å²) in [6, 6.07) is 0.826. The summed E-state index contributed by atoms with van der Waals surface area (Å²) in [4.78, 5) is 5.14. The highest BCUT2D eigenvalue weighted by Crippen LogP contribution is 2.15. The van der Waals surface area contributed by atoms with E-state index >= 15 is 0 Å². The fourth-order valence-electron chi connectivity index (χ4n) is 2.72. The van der Waals surface area contributed by atoms with Gasteiger partial charge < -0.3 is 15.5 Å². The minimum atomic E-state index is 0.826. The Morgan fingerprint density at radius 2 is 1.76 bits per heavy atom. The second kappa shape index (κ2) is 8.90. The van der Waals surface area contributed by atoms with E-state index in [1.54, 1.807) is 0 Å². The molecule has 2 N–H and O–H groups in total. The van der Waals surface area contributed by atoms with Crippen LogP contribution in [0.1, 0.15) is 45.4 Å². The SMILES string of the molecule is CCN1CCC(N(C)CCCCCCN)CC1. The van der Waals surface area contributed by atoms with E-state index in [2.05, 4.69) is 23.8 Å². The first-order valence-electron chi connectivity index (χ1n) is 7.40. The zero-order valence-electron chi connectivity index (χ0n) is 11.8. The molecule has 0 aromatic heterocycles. The minimum Gasteiger partial charge on any atom is -0.330 e. The van der Waals surface area contributed by atoms with E-state index in [-0.39, 0.29) is 0 Å². The number of hydrogen-bond acceptors (Lipinski definition) is 3. The van der Waals surface area contributed by atoms with E-state index in [1.165, 1.54) is 64.7 Å². The maximum Gasteiger partial charge on any atom is 0.0117 e. The van der Waals surface area contributed by atoms with Crippen LogP contribution in [0.4, 0.5) is 0 Å². The molecular weight excluding hydrogens is 210 g/mol. The van der Waals surface area contributed by atoms with Crippen LogP contribution in [0.15, 0.2) is 0 Å². The highest BCUT2D eigenvalue weighted by atomic mass is 15.2. The molecular formula is C14H31N3. The normalized spacial score (nSPS) is 19.1. The molecule has 0 aromatic rings. The van der Waals surface area contributed by atoms with Gasteiger partial charge in [0, 0.05) is 6.04 Å². The zero-order valence-corrected chi connectivity index (χ0v) is 11.8. The first-order valence-corrected chi connectivity index (χ1v) is 7.40. The number of unbranched alkanes of at least 4 members (excludes halogenated alkanes) is 3. The monoisotopic (exact) mass is 241 g/mol. The molecule has 1 aliphatic heterocycles. The molecule has 102 valence electrons. The molecule has 1 saturated heterocycles. The van der Waals surface area contributed by atoms with Gasteiger partial charge in [0.2, 0.25) is 0 Å². The molecule has 17 heavy (non-hydrogen) atoms. The maximum absolute atomic E-state index is 5.50. The van der Waals surface area contributed by atoms with Crippen molar-refractivity contribution >= 4 is 0 Å². The summed E-state index contributed by atoms with van der Waals surface area (Å²) in [5, 5.41) is 0. The summed E-state index contributed by atoms with van der Waals surface area (Å²) in [5.74, 6) is 0. The fourth-order valence-corrected chi connectivity index (χ4v) is 2.72. The Balaban J connectivity index is 2.05. The lowest BCUT2D eigenvalue weighted by Gasteiger charge is -2.36. The van der Waals surface area contributed by atoms with Gasteiger partial charge in [0.25, 0.3) is 0 Å². The average molecular weight is 241 g/mol. The summed E-state index contributed by atoms with van der Waals surface area (Å²) in [5.41, 5.74) is 5.50. The van der Waals surface area contributed by atoms with Crippen molar-refractivity contribution in [1.29, 1.82) is 0 Å². The fraction of sp³-hybridized carbons (Fsp3) is 1.00. The van der Waals surface area contributed by atoms with Gasteiger partial charge in [-0.05, 0) is 65.5 Å². The van der Waals surface area contributed by atoms with Crippen molar-refractivity contribution in [3.8, 4) is 0 Å². The summed E-state index contributed by atoms with van der Waals surface area (Å²) in [6.07, 6.45) is 7.89. The van der Waals surface area contributed by atoms with Crippen molar-refractivity contribution in [2.24, 2.45) is 5.73 Å². The van der Waals surface area contributed by atoms with Crippen LogP contribution in [-0.2, 0) is 0 Å². The summed E-state index contributed by atoms with van der Waals surface area (Å²) in [6.45, 7) is 8.18. The van der Waals surface area contributed by atoms with Gasteiger partial charge in [-0.25, -0.2) is 0 Å². The number of piperidine rings is 1. The summed E-state index contributed by atoms with van der Waals surface area (Å²) >= 11 is 0. The number of rotatable bonds is 8. The largest absolute Gasteiger partial charge is 0.330 e. The molecule has 3 nitrogen and oxygen atoms in total. The lowest BCUT2D eigenvalue weighted by atomic mass is 10.0. The Kier molecular flexibility index (Phi) is 7.82. The van der Waals surface area contributed by atoms with Crippen LogP contribution < -0.4 is 5.73 Å². The Hall–Kier alpha value is -0.120. The smallest absolute Gasteiger partial charge is 0.0117 e. The molecule has 0 spiro atoms. The predicted octanol–water partition coefficient (Wildman–Crippen LogP) is 1.92. The highest BCUT2D eigenvalue weighted by Gasteiger charge is 2.20. The average Bonchev–Trinajstić information content (AvgIpc) is 2.38. The van der Waals surface area contributed by atoms with Crippen LogP contribution >= 0.6 is 0 Å². The van der Waals surface area contributed by atoms with Crippen molar-refractivity contribution in [1.82, 2.24) is 9.80 Å². The van der Waals surface area contributed by atoms with Crippen LogP contribution in [0.25, 0.3) is 0 Å². The molecule has 0 aromatic carbocycles. The van der Waals surface area contributed by atoms with Crippen molar-refractivity contribution in [2.45, 2.75) is 51.5 Å². The lowest BCUT2D eigenvalue weighted by Crippen LogP contribution is -2.43. The quantitative estimate of drug-likeness (QED) is 0.659. The van der Waals surface area contributed by atoms with Gasteiger partial charge in [-0.2, -0.15) is 0 Å². The van der Waals surface area contributed by atoms with E-state index < -0.39 is 0 Å². The third-order valence-electron chi connectivity index (χ3n) is 4.09. The second-order valence-corrected chi connectivity index (χ2v) is 5.35. The Morgan fingerprint density at radius 1 is 1.12 bits per heavy atom. The number of nitrogens with zero attached hydrogens (tertiary/aromatic N) is 2. The Labute approximate surface area is 107 Å². The van der Waals surface area contributed by atoms with Crippen molar-refractivity contribution in [3.05, 3.63) is 0 Å². The Bertz CT molecular complexity index is 176. The van der Waals surface area contributed by atoms with Gasteiger partial charge in [0.15, 0.2) is 0 Å². The molecule has 0 atom stereocenters. The van der Waals surface area contributed by atoms with Crippen molar-refractivity contribution in [3.63, 3.8) is 0 Å². The van der Waals surface area contributed by atoms with Crippen molar-refractivity contribution < 1.29 is 0 Å². The molecule has 1 rings (SSSR count). The molecule has 0 radical (unpaired) electrons. The summed E-state index contributed by atoms with van der Waals surface area (Å²) in [7, 11) is 2.30. The van der Waals surface area contributed by atoms with Crippen molar-refractivity contribution in [2.75, 3.05) is 39.8 Å².